The number of hydrogen-bond acceptors (Lipinski definition) is 5. The third-order valence-electron chi connectivity index (χ3n) is 2.43. The predicted octanol–water partition coefficient (Wildman–Crippen LogP) is 1.24. The van der Waals surface area contributed by atoms with E-state index in [-0.39, 0.29) is 0 Å². The van der Waals surface area contributed by atoms with E-state index in [0.29, 0.717) is 17.3 Å². The van der Waals surface area contributed by atoms with Gasteiger partial charge in [-0.15, -0.1) is 0 Å². The molecule has 5 nitrogen and oxygen atoms in total. The minimum atomic E-state index is -0.409. The van der Waals surface area contributed by atoms with E-state index in [4.69, 9.17) is 10.5 Å². The van der Waals surface area contributed by atoms with Gasteiger partial charge in [0.2, 0.25) is 0 Å². The van der Waals surface area contributed by atoms with Gasteiger partial charge in [-0.2, -0.15) is 0 Å². The molecule has 2 N–H and O–H groups in total. The van der Waals surface area contributed by atoms with Gasteiger partial charge in [0.1, 0.15) is 17.3 Å². The molecule has 5 heteroatoms. The molecule has 1 unspecified atom stereocenters. The second-order valence-electron chi connectivity index (χ2n) is 3.60. The van der Waals surface area contributed by atoms with Crippen LogP contribution in [0.15, 0.2) is 30.6 Å². The molecule has 1 atom stereocenters. The van der Waals surface area contributed by atoms with Crippen molar-refractivity contribution in [2.75, 3.05) is 7.11 Å². The lowest BCUT2D eigenvalue weighted by Gasteiger charge is -2.13. The minimum Gasteiger partial charge on any atom is -0.495 e. The molecule has 0 aromatic carbocycles. The lowest BCUT2D eigenvalue weighted by Crippen LogP contribution is -2.16. The fourth-order valence-corrected chi connectivity index (χ4v) is 1.60. The van der Waals surface area contributed by atoms with E-state index >= 15 is 0 Å². The van der Waals surface area contributed by atoms with Crippen LogP contribution in [0.2, 0.25) is 0 Å². The molecular formula is C12H14N4O. The van der Waals surface area contributed by atoms with Crippen LogP contribution in [0.1, 0.15) is 23.3 Å². The zero-order chi connectivity index (χ0) is 12.3. The Labute approximate surface area is 99.7 Å². The van der Waals surface area contributed by atoms with Crippen molar-refractivity contribution in [1.29, 1.82) is 0 Å². The van der Waals surface area contributed by atoms with Gasteiger partial charge in [0, 0.05) is 12.4 Å². The maximum atomic E-state index is 6.13. The molecule has 0 aliphatic carbocycles. The summed E-state index contributed by atoms with van der Waals surface area (Å²) in [6, 6.07) is 5.01. The Kier molecular flexibility index (Phi) is 3.30. The topological polar surface area (TPSA) is 73.9 Å². The van der Waals surface area contributed by atoms with Crippen LogP contribution in [-0.2, 0) is 0 Å². The first-order valence-electron chi connectivity index (χ1n) is 5.26. The van der Waals surface area contributed by atoms with Crippen molar-refractivity contribution in [3.05, 3.63) is 47.8 Å². The highest BCUT2D eigenvalue weighted by Crippen LogP contribution is 2.24. The molecule has 0 amide bonds. The summed E-state index contributed by atoms with van der Waals surface area (Å²) in [6.07, 6.45) is 3.37. The van der Waals surface area contributed by atoms with Crippen molar-refractivity contribution in [3.63, 3.8) is 0 Å². The van der Waals surface area contributed by atoms with Crippen LogP contribution in [0.25, 0.3) is 0 Å². The molecule has 2 aromatic rings. The van der Waals surface area contributed by atoms with Gasteiger partial charge in [0.15, 0.2) is 0 Å². The van der Waals surface area contributed by atoms with Crippen molar-refractivity contribution in [2.45, 2.75) is 13.0 Å². The summed E-state index contributed by atoms with van der Waals surface area (Å²) in [6.45, 7) is 1.83. The van der Waals surface area contributed by atoms with Gasteiger partial charge in [-0.3, -0.25) is 4.98 Å². The number of hydrogen-bond donors (Lipinski definition) is 1. The molecule has 0 spiro atoms. The van der Waals surface area contributed by atoms with Gasteiger partial charge in [-0.1, -0.05) is 0 Å². The van der Waals surface area contributed by atoms with E-state index in [1.807, 2.05) is 13.0 Å². The first-order chi connectivity index (χ1) is 8.22. The van der Waals surface area contributed by atoms with Crippen LogP contribution in [0.5, 0.6) is 5.75 Å². The third-order valence-corrected chi connectivity index (χ3v) is 2.43. The first kappa shape index (κ1) is 11.5. The van der Waals surface area contributed by atoms with Crippen molar-refractivity contribution >= 4 is 0 Å². The van der Waals surface area contributed by atoms with Crippen LogP contribution in [0.4, 0.5) is 0 Å². The maximum absolute atomic E-state index is 6.13. The third kappa shape index (κ3) is 2.39. The Balaban J connectivity index is 2.40. The molecule has 0 aliphatic rings. The average Bonchev–Trinajstić information content (AvgIpc) is 2.38. The monoisotopic (exact) mass is 230 g/mol. The number of aromatic nitrogens is 3. The summed E-state index contributed by atoms with van der Waals surface area (Å²) < 4.78 is 5.23. The number of methoxy groups -OCH3 is 1. The molecule has 88 valence electrons. The standard InChI is InChI=1S/C12H14N4O/c1-8-14-7-5-9(16-8)11(13)12-10(17-2)4-3-6-15-12/h3-7,11H,13H2,1-2H3. The molecule has 0 radical (unpaired) electrons. The quantitative estimate of drug-likeness (QED) is 0.858. The second-order valence-corrected chi connectivity index (χ2v) is 3.60. The molecule has 2 aromatic heterocycles. The SMILES string of the molecule is COc1cccnc1C(N)c1ccnc(C)n1. The van der Waals surface area contributed by atoms with Gasteiger partial charge in [0.25, 0.3) is 0 Å². The number of aryl methyl sites for hydroxylation is 1. The molecule has 2 rings (SSSR count). The minimum absolute atomic E-state index is 0.409. The molecule has 0 bridgehead atoms. The fourth-order valence-electron chi connectivity index (χ4n) is 1.60. The molecule has 17 heavy (non-hydrogen) atoms. The molecular weight excluding hydrogens is 216 g/mol. The van der Waals surface area contributed by atoms with Gasteiger partial charge >= 0.3 is 0 Å². The highest BCUT2D eigenvalue weighted by Gasteiger charge is 2.16. The highest BCUT2D eigenvalue weighted by atomic mass is 16.5. The lowest BCUT2D eigenvalue weighted by atomic mass is 10.1. The van der Waals surface area contributed by atoms with Crippen LogP contribution in [0.3, 0.4) is 0 Å². The predicted molar refractivity (Wildman–Crippen MR) is 63.6 cm³/mol. The lowest BCUT2D eigenvalue weighted by molar-refractivity contribution is 0.404. The van der Waals surface area contributed by atoms with Crippen LogP contribution < -0.4 is 10.5 Å². The first-order valence-corrected chi connectivity index (χ1v) is 5.26. The Morgan fingerprint density at radius 3 is 2.76 bits per heavy atom. The van der Waals surface area contributed by atoms with Gasteiger partial charge in [-0.05, 0) is 25.1 Å². The smallest absolute Gasteiger partial charge is 0.142 e. The van der Waals surface area contributed by atoms with Gasteiger partial charge in [-0.25, -0.2) is 9.97 Å². The normalized spacial score (nSPS) is 12.2. The average molecular weight is 230 g/mol. The van der Waals surface area contributed by atoms with Gasteiger partial charge < -0.3 is 10.5 Å². The van der Waals surface area contributed by atoms with E-state index in [1.165, 1.54) is 0 Å². The molecule has 0 aliphatic heterocycles. The van der Waals surface area contributed by atoms with Crippen molar-refractivity contribution in [1.82, 2.24) is 15.0 Å². The van der Waals surface area contributed by atoms with Crippen LogP contribution in [-0.4, -0.2) is 22.1 Å². The zero-order valence-electron chi connectivity index (χ0n) is 9.79. The Bertz CT molecular complexity index is 515. The summed E-state index contributed by atoms with van der Waals surface area (Å²) in [5.41, 5.74) is 7.53. The molecule has 2 heterocycles. The van der Waals surface area contributed by atoms with E-state index in [0.717, 1.165) is 5.69 Å². The zero-order valence-corrected chi connectivity index (χ0v) is 9.79. The van der Waals surface area contributed by atoms with Crippen molar-refractivity contribution in [3.8, 4) is 5.75 Å². The second kappa shape index (κ2) is 4.88. The van der Waals surface area contributed by atoms with Crippen molar-refractivity contribution < 1.29 is 4.74 Å². The number of pyridine rings is 1. The summed E-state index contributed by atoms with van der Waals surface area (Å²) in [5, 5.41) is 0. The molecule has 0 saturated carbocycles. The summed E-state index contributed by atoms with van der Waals surface area (Å²) >= 11 is 0. The fraction of sp³-hybridized carbons (Fsp3) is 0.250. The number of rotatable bonds is 3. The van der Waals surface area contributed by atoms with E-state index < -0.39 is 6.04 Å². The molecule has 0 saturated heterocycles. The molecule has 0 fully saturated rings. The van der Waals surface area contributed by atoms with Crippen molar-refractivity contribution in [2.24, 2.45) is 5.73 Å². The van der Waals surface area contributed by atoms with Gasteiger partial charge in [0.05, 0.1) is 18.8 Å². The van der Waals surface area contributed by atoms with Crippen LogP contribution >= 0.6 is 0 Å². The highest BCUT2D eigenvalue weighted by molar-refractivity contribution is 5.33. The number of nitrogens with two attached hydrogens (primary N) is 1. The number of ether oxygens (including phenoxy) is 1. The maximum Gasteiger partial charge on any atom is 0.142 e. The number of nitrogens with zero attached hydrogens (tertiary/aromatic N) is 3. The summed E-state index contributed by atoms with van der Waals surface area (Å²) in [5.74, 6) is 1.35. The van der Waals surface area contributed by atoms with E-state index in [1.54, 1.807) is 31.6 Å². The Morgan fingerprint density at radius 2 is 2.06 bits per heavy atom. The van der Waals surface area contributed by atoms with E-state index in [9.17, 15) is 0 Å². The summed E-state index contributed by atoms with van der Waals surface area (Å²) in [7, 11) is 1.60. The van der Waals surface area contributed by atoms with Crippen LogP contribution in [0, 0.1) is 6.92 Å². The van der Waals surface area contributed by atoms with E-state index in [2.05, 4.69) is 15.0 Å². The Hall–Kier alpha value is -2.01. The Morgan fingerprint density at radius 1 is 1.24 bits per heavy atom. The largest absolute Gasteiger partial charge is 0.495 e. The summed E-state index contributed by atoms with van der Waals surface area (Å²) in [4.78, 5) is 12.6.